The van der Waals surface area contributed by atoms with E-state index in [4.69, 9.17) is 16.3 Å². The molecule has 7 heteroatoms. The van der Waals surface area contributed by atoms with Crippen LogP contribution in [0.25, 0.3) is 0 Å². The summed E-state index contributed by atoms with van der Waals surface area (Å²) >= 11 is 6.08. The number of hydrogen-bond donors (Lipinski definition) is 0. The van der Waals surface area contributed by atoms with E-state index < -0.39 is 10.0 Å². The molecule has 0 spiro atoms. The van der Waals surface area contributed by atoms with Gasteiger partial charge in [0.15, 0.2) is 0 Å². The Morgan fingerprint density at radius 2 is 1.63 bits per heavy atom. The Morgan fingerprint density at radius 3 is 2.26 bits per heavy atom. The number of ether oxygens (including phenoxy) is 1. The molecule has 0 radical (unpaired) electrons. The van der Waals surface area contributed by atoms with Gasteiger partial charge in [-0.2, -0.15) is 4.31 Å². The third-order valence-corrected chi connectivity index (χ3v) is 6.97. The van der Waals surface area contributed by atoms with Crippen LogP contribution in [0, 0.1) is 19.8 Å². The van der Waals surface area contributed by atoms with E-state index in [9.17, 15) is 13.2 Å². The summed E-state index contributed by atoms with van der Waals surface area (Å²) in [7, 11) is -3.54. The molecule has 0 saturated carbocycles. The van der Waals surface area contributed by atoms with Crippen LogP contribution in [0.5, 0.6) is 5.75 Å². The molecular formula is C20H22ClNO4S. The first-order valence-corrected chi connectivity index (χ1v) is 10.6. The van der Waals surface area contributed by atoms with E-state index in [0.717, 1.165) is 11.1 Å². The molecule has 1 heterocycles. The molecule has 27 heavy (non-hydrogen) atoms. The first-order chi connectivity index (χ1) is 12.8. The fraction of sp³-hybridized carbons (Fsp3) is 0.350. The Morgan fingerprint density at radius 1 is 1.04 bits per heavy atom. The molecule has 0 amide bonds. The molecule has 0 bridgehead atoms. The van der Waals surface area contributed by atoms with Gasteiger partial charge in [0.05, 0.1) is 15.8 Å². The standard InChI is InChI=1S/C20H22ClNO4S/c1-14-3-6-17(7-4-14)27(24,25)22-11-9-16(10-12-22)20(23)26-19-13-15(2)5-8-18(19)21/h3-8,13,16H,9-12H2,1-2H3. The molecule has 1 aliphatic rings. The van der Waals surface area contributed by atoms with Crippen molar-refractivity contribution in [2.75, 3.05) is 13.1 Å². The fourth-order valence-electron chi connectivity index (χ4n) is 3.07. The van der Waals surface area contributed by atoms with E-state index in [-0.39, 0.29) is 29.9 Å². The maximum atomic E-state index is 12.7. The summed E-state index contributed by atoms with van der Waals surface area (Å²) in [6.07, 6.45) is 0.848. The molecule has 1 fully saturated rings. The third kappa shape index (κ3) is 4.51. The van der Waals surface area contributed by atoms with Crippen molar-refractivity contribution in [3.05, 3.63) is 58.6 Å². The van der Waals surface area contributed by atoms with E-state index >= 15 is 0 Å². The fourth-order valence-corrected chi connectivity index (χ4v) is 4.70. The van der Waals surface area contributed by atoms with E-state index in [1.165, 1.54) is 4.31 Å². The van der Waals surface area contributed by atoms with Gasteiger partial charge in [-0.1, -0.05) is 35.4 Å². The molecule has 0 atom stereocenters. The van der Waals surface area contributed by atoms with Crippen molar-refractivity contribution < 1.29 is 17.9 Å². The van der Waals surface area contributed by atoms with Gasteiger partial charge in [0, 0.05) is 13.1 Å². The molecule has 2 aromatic carbocycles. The quantitative estimate of drug-likeness (QED) is 0.568. The van der Waals surface area contributed by atoms with Crippen LogP contribution in [0.2, 0.25) is 5.02 Å². The normalized spacial score (nSPS) is 16.3. The van der Waals surface area contributed by atoms with E-state index in [0.29, 0.717) is 23.6 Å². The smallest absolute Gasteiger partial charge is 0.314 e. The van der Waals surface area contributed by atoms with Crippen molar-refractivity contribution in [2.24, 2.45) is 5.92 Å². The lowest BCUT2D eigenvalue weighted by Crippen LogP contribution is -2.41. The van der Waals surface area contributed by atoms with Gasteiger partial charge in [0.25, 0.3) is 0 Å². The first-order valence-electron chi connectivity index (χ1n) is 8.82. The van der Waals surface area contributed by atoms with E-state index in [1.54, 1.807) is 36.4 Å². The Hall–Kier alpha value is -1.89. The Kier molecular flexibility index (Phi) is 5.89. The predicted molar refractivity (Wildman–Crippen MR) is 104 cm³/mol. The van der Waals surface area contributed by atoms with Crippen LogP contribution in [0.3, 0.4) is 0 Å². The summed E-state index contributed by atoms with van der Waals surface area (Å²) in [5, 5.41) is 0.383. The van der Waals surface area contributed by atoms with Crippen LogP contribution in [-0.2, 0) is 14.8 Å². The van der Waals surface area contributed by atoms with Gasteiger partial charge in [-0.25, -0.2) is 8.42 Å². The number of halogens is 1. The highest BCUT2D eigenvalue weighted by Gasteiger charge is 2.33. The summed E-state index contributed by atoms with van der Waals surface area (Å²) in [6, 6.07) is 12.0. The molecule has 3 rings (SSSR count). The van der Waals surface area contributed by atoms with E-state index in [2.05, 4.69) is 0 Å². The third-order valence-electron chi connectivity index (χ3n) is 4.74. The van der Waals surface area contributed by atoms with Crippen molar-refractivity contribution in [1.29, 1.82) is 0 Å². The summed E-state index contributed by atoms with van der Waals surface area (Å²) in [4.78, 5) is 12.7. The second-order valence-electron chi connectivity index (χ2n) is 6.85. The van der Waals surface area contributed by atoms with Crippen LogP contribution < -0.4 is 4.74 Å². The maximum absolute atomic E-state index is 12.7. The molecule has 144 valence electrons. The summed E-state index contributed by atoms with van der Waals surface area (Å²) < 4.78 is 32.4. The molecule has 5 nitrogen and oxygen atoms in total. The number of carbonyl (C=O) groups excluding carboxylic acids is 1. The zero-order valence-electron chi connectivity index (χ0n) is 15.3. The number of carbonyl (C=O) groups is 1. The first kappa shape index (κ1) is 19.9. The van der Waals surface area contributed by atoms with E-state index in [1.807, 2.05) is 19.9 Å². The van der Waals surface area contributed by atoms with Gasteiger partial charge in [0.1, 0.15) is 5.75 Å². The average molecular weight is 408 g/mol. The number of hydrogen-bond acceptors (Lipinski definition) is 4. The number of nitrogens with zero attached hydrogens (tertiary/aromatic N) is 1. The largest absolute Gasteiger partial charge is 0.425 e. The molecule has 1 aliphatic heterocycles. The highest BCUT2D eigenvalue weighted by Crippen LogP contribution is 2.29. The summed E-state index contributed by atoms with van der Waals surface area (Å²) in [6.45, 7) is 4.38. The highest BCUT2D eigenvalue weighted by atomic mass is 35.5. The van der Waals surface area contributed by atoms with Crippen molar-refractivity contribution in [1.82, 2.24) is 4.31 Å². The highest BCUT2D eigenvalue weighted by molar-refractivity contribution is 7.89. The number of benzene rings is 2. The van der Waals surface area contributed by atoms with Gasteiger partial charge in [-0.05, 0) is 56.5 Å². The predicted octanol–water partition coefficient (Wildman–Crippen LogP) is 3.96. The Bertz CT molecular complexity index is 933. The molecule has 0 aromatic heterocycles. The maximum Gasteiger partial charge on any atom is 0.314 e. The lowest BCUT2D eigenvalue weighted by Gasteiger charge is -2.30. The number of sulfonamides is 1. The summed E-state index contributed by atoms with van der Waals surface area (Å²) in [5.41, 5.74) is 1.95. The molecular weight excluding hydrogens is 386 g/mol. The zero-order valence-corrected chi connectivity index (χ0v) is 16.9. The molecule has 0 aliphatic carbocycles. The molecule has 1 saturated heterocycles. The van der Waals surface area contributed by atoms with Crippen LogP contribution in [0.1, 0.15) is 24.0 Å². The zero-order chi connectivity index (χ0) is 19.6. The average Bonchev–Trinajstić information content (AvgIpc) is 2.65. The second-order valence-corrected chi connectivity index (χ2v) is 9.19. The molecule has 0 unspecified atom stereocenters. The van der Waals surface area contributed by atoms with Crippen molar-refractivity contribution in [3.8, 4) is 5.75 Å². The van der Waals surface area contributed by atoms with Gasteiger partial charge in [-0.3, -0.25) is 4.79 Å². The van der Waals surface area contributed by atoms with Crippen LogP contribution in [-0.4, -0.2) is 31.8 Å². The number of esters is 1. The van der Waals surface area contributed by atoms with Crippen molar-refractivity contribution in [3.63, 3.8) is 0 Å². The topological polar surface area (TPSA) is 63.7 Å². The minimum Gasteiger partial charge on any atom is -0.425 e. The van der Waals surface area contributed by atoms with Crippen LogP contribution in [0.4, 0.5) is 0 Å². The Balaban J connectivity index is 1.63. The van der Waals surface area contributed by atoms with Crippen LogP contribution in [0.15, 0.2) is 47.4 Å². The second kappa shape index (κ2) is 8.00. The number of piperidine rings is 1. The lowest BCUT2D eigenvalue weighted by molar-refractivity contribution is -0.140. The molecule has 0 N–H and O–H groups in total. The van der Waals surface area contributed by atoms with Gasteiger partial charge in [-0.15, -0.1) is 0 Å². The minimum atomic E-state index is -3.54. The summed E-state index contributed by atoms with van der Waals surface area (Å²) in [5.74, 6) is -0.364. The van der Waals surface area contributed by atoms with Crippen molar-refractivity contribution >= 4 is 27.6 Å². The van der Waals surface area contributed by atoms with Crippen LogP contribution >= 0.6 is 11.6 Å². The Labute approximate surface area is 165 Å². The lowest BCUT2D eigenvalue weighted by atomic mass is 9.98. The van der Waals surface area contributed by atoms with Gasteiger partial charge >= 0.3 is 5.97 Å². The SMILES string of the molecule is Cc1ccc(S(=O)(=O)N2CCC(C(=O)Oc3cc(C)ccc3Cl)CC2)cc1. The van der Waals surface area contributed by atoms with Gasteiger partial charge in [0.2, 0.25) is 10.0 Å². The number of aryl methyl sites for hydroxylation is 2. The molecule has 2 aromatic rings. The monoisotopic (exact) mass is 407 g/mol. The van der Waals surface area contributed by atoms with Gasteiger partial charge < -0.3 is 4.74 Å². The van der Waals surface area contributed by atoms with Crippen molar-refractivity contribution in [2.45, 2.75) is 31.6 Å². The number of rotatable bonds is 4. The minimum absolute atomic E-state index is 0.278.